The first-order chi connectivity index (χ1) is 15.9. The molecule has 3 aliphatic rings. The molecule has 5 rings (SSSR count). The van der Waals surface area contributed by atoms with E-state index in [9.17, 15) is 19.2 Å². The predicted molar refractivity (Wildman–Crippen MR) is 129 cm³/mol. The average Bonchev–Trinajstić information content (AvgIpc) is 3.42. The summed E-state index contributed by atoms with van der Waals surface area (Å²) in [6.45, 7) is -0.455. The first-order valence-corrected chi connectivity index (χ1v) is 12.8. The number of amides is 3. The molecule has 1 saturated heterocycles. The number of likely N-dealkylation sites (tertiary alicyclic amines) is 1. The van der Waals surface area contributed by atoms with E-state index in [1.807, 2.05) is 36.4 Å². The Morgan fingerprint density at radius 1 is 0.970 bits per heavy atom. The van der Waals surface area contributed by atoms with Crippen molar-refractivity contribution in [3.63, 3.8) is 0 Å². The second kappa shape index (κ2) is 8.83. The Labute approximate surface area is 207 Å². The van der Waals surface area contributed by atoms with Crippen molar-refractivity contribution in [3.8, 4) is 0 Å². The van der Waals surface area contributed by atoms with E-state index in [0.717, 1.165) is 17.2 Å². The topological polar surface area (TPSA) is 92.8 Å². The van der Waals surface area contributed by atoms with Gasteiger partial charge in [-0.3, -0.25) is 24.1 Å². The monoisotopic (exact) mass is 576 g/mol. The van der Waals surface area contributed by atoms with E-state index < -0.39 is 18.5 Å². The Hall–Kier alpha value is -2.26. The molecule has 1 N–H and O–H groups in total. The standard InChI is InChI=1S/C24H22Br2N2O5/c25-21-14-10-15(22(21)26)20-19(14)23(31)28(24(20)32)9-8-18(30)33-11-17(29)27-16-7-3-5-12-4-1-2-6-13(12)16/h1-7,14-15,19-22H,8-11H2,(H,27,29)/t14-,15-,19-,20-,21+,22+/m1/s1. The molecule has 1 heterocycles. The van der Waals surface area contributed by atoms with Gasteiger partial charge >= 0.3 is 5.97 Å². The Kier molecular flexibility index (Phi) is 6.03. The maximum absolute atomic E-state index is 12.9. The summed E-state index contributed by atoms with van der Waals surface area (Å²) in [7, 11) is 0. The second-order valence-electron chi connectivity index (χ2n) is 8.82. The minimum atomic E-state index is -0.625. The number of hydrogen-bond acceptors (Lipinski definition) is 5. The van der Waals surface area contributed by atoms with E-state index >= 15 is 0 Å². The van der Waals surface area contributed by atoms with Gasteiger partial charge in [-0.2, -0.15) is 0 Å². The van der Waals surface area contributed by atoms with Crippen molar-refractivity contribution in [2.75, 3.05) is 18.5 Å². The SMILES string of the molecule is O=C(COC(=O)CCN1C(=O)[C@@H]2[C@H]3C[C@@H]([C@H](Br)[C@H]3Br)[C@H]2C1=O)Nc1cccc2ccccc12. The lowest BCUT2D eigenvalue weighted by molar-refractivity contribution is -0.149. The van der Waals surface area contributed by atoms with Crippen LogP contribution in [-0.2, 0) is 23.9 Å². The molecule has 2 saturated carbocycles. The highest BCUT2D eigenvalue weighted by molar-refractivity contribution is 9.12. The molecule has 9 heteroatoms. The molecule has 0 unspecified atom stereocenters. The average molecular weight is 578 g/mol. The number of esters is 1. The molecule has 2 aromatic rings. The molecule has 2 bridgehead atoms. The highest BCUT2D eigenvalue weighted by atomic mass is 79.9. The van der Waals surface area contributed by atoms with Crippen LogP contribution in [-0.4, -0.2) is 51.4 Å². The first-order valence-electron chi connectivity index (χ1n) is 10.9. The minimum absolute atomic E-state index is 0.0201. The summed E-state index contributed by atoms with van der Waals surface area (Å²) in [6, 6.07) is 13.2. The van der Waals surface area contributed by atoms with Crippen LogP contribution >= 0.6 is 31.9 Å². The highest BCUT2D eigenvalue weighted by Crippen LogP contribution is 2.60. The normalized spacial score (nSPS) is 30.1. The summed E-state index contributed by atoms with van der Waals surface area (Å²) in [6.07, 6.45) is 0.726. The number of anilines is 1. The Balaban J connectivity index is 1.13. The van der Waals surface area contributed by atoms with Crippen LogP contribution in [0.25, 0.3) is 10.8 Å². The van der Waals surface area contributed by atoms with Gasteiger partial charge in [-0.15, -0.1) is 0 Å². The van der Waals surface area contributed by atoms with Crippen molar-refractivity contribution in [2.45, 2.75) is 22.5 Å². The van der Waals surface area contributed by atoms with Gasteiger partial charge in [-0.25, -0.2) is 0 Å². The molecule has 172 valence electrons. The summed E-state index contributed by atoms with van der Waals surface area (Å²) in [5, 5.41) is 4.64. The summed E-state index contributed by atoms with van der Waals surface area (Å²) in [5.74, 6) is -1.80. The van der Waals surface area contributed by atoms with E-state index in [4.69, 9.17) is 4.74 Å². The van der Waals surface area contributed by atoms with Crippen LogP contribution in [0.3, 0.4) is 0 Å². The molecule has 7 nitrogen and oxygen atoms in total. The van der Waals surface area contributed by atoms with Gasteiger partial charge in [-0.05, 0) is 29.7 Å². The molecule has 2 aromatic carbocycles. The zero-order valence-electron chi connectivity index (χ0n) is 17.6. The fourth-order valence-electron chi connectivity index (χ4n) is 5.57. The number of rotatable bonds is 6. The predicted octanol–water partition coefficient (Wildman–Crippen LogP) is 3.49. The van der Waals surface area contributed by atoms with Gasteiger partial charge in [0.05, 0.1) is 18.3 Å². The number of benzene rings is 2. The molecule has 33 heavy (non-hydrogen) atoms. The molecule has 3 fully saturated rings. The number of ether oxygens (including phenoxy) is 1. The number of imide groups is 1. The largest absolute Gasteiger partial charge is 0.456 e. The molecular weight excluding hydrogens is 556 g/mol. The number of carbonyl (C=O) groups is 4. The number of carbonyl (C=O) groups excluding carboxylic acids is 4. The maximum Gasteiger partial charge on any atom is 0.308 e. The van der Waals surface area contributed by atoms with E-state index in [0.29, 0.717) is 5.69 Å². The molecule has 0 radical (unpaired) electrons. The van der Waals surface area contributed by atoms with E-state index in [1.54, 1.807) is 6.07 Å². The van der Waals surface area contributed by atoms with Gasteiger partial charge < -0.3 is 10.1 Å². The molecule has 0 aromatic heterocycles. The molecule has 3 amide bonds. The van der Waals surface area contributed by atoms with Gasteiger partial charge in [0.15, 0.2) is 6.61 Å². The number of nitrogens with zero attached hydrogens (tertiary/aromatic N) is 1. The lowest BCUT2D eigenvalue weighted by Gasteiger charge is -2.28. The van der Waals surface area contributed by atoms with Crippen molar-refractivity contribution >= 4 is 72.0 Å². The van der Waals surface area contributed by atoms with E-state index in [1.165, 1.54) is 4.90 Å². The zero-order valence-corrected chi connectivity index (χ0v) is 20.8. The molecular formula is C24H22Br2N2O5. The summed E-state index contributed by atoms with van der Waals surface area (Å²) in [4.78, 5) is 51.8. The fraction of sp³-hybridized carbons (Fsp3) is 0.417. The van der Waals surface area contributed by atoms with Crippen LogP contribution < -0.4 is 5.32 Å². The fourth-order valence-corrected chi connectivity index (χ4v) is 7.45. The zero-order chi connectivity index (χ0) is 23.3. The van der Waals surface area contributed by atoms with E-state index in [2.05, 4.69) is 37.2 Å². The van der Waals surface area contributed by atoms with Gasteiger partial charge in [-0.1, -0.05) is 68.3 Å². The Morgan fingerprint density at radius 2 is 1.61 bits per heavy atom. The number of fused-ring (bicyclic) bond motifs is 6. The number of alkyl halides is 2. The minimum Gasteiger partial charge on any atom is -0.456 e. The van der Waals surface area contributed by atoms with Gasteiger partial charge in [0.25, 0.3) is 5.91 Å². The smallest absolute Gasteiger partial charge is 0.308 e. The second-order valence-corrected chi connectivity index (χ2v) is 10.9. The first kappa shape index (κ1) is 22.5. The van der Waals surface area contributed by atoms with Crippen LogP contribution in [0.5, 0.6) is 0 Å². The van der Waals surface area contributed by atoms with E-state index in [-0.39, 0.29) is 58.1 Å². The van der Waals surface area contributed by atoms with Gasteiger partial charge in [0, 0.05) is 27.3 Å². The van der Waals surface area contributed by atoms with Crippen LogP contribution in [0, 0.1) is 23.7 Å². The molecule has 0 spiro atoms. The van der Waals surface area contributed by atoms with Crippen LogP contribution in [0.15, 0.2) is 42.5 Å². The van der Waals surface area contributed by atoms with Crippen molar-refractivity contribution in [3.05, 3.63) is 42.5 Å². The molecule has 2 aliphatic carbocycles. The van der Waals surface area contributed by atoms with Crippen LogP contribution in [0.2, 0.25) is 0 Å². The van der Waals surface area contributed by atoms with Crippen LogP contribution in [0.4, 0.5) is 5.69 Å². The molecule has 1 aliphatic heterocycles. The van der Waals surface area contributed by atoms with Crippen LogP contribution in [0.1, 0.15) is 12.8 Å². The van der Waals surface area contributed by atoms with Crippen molar-refractivity contribution in [1.29, 1.82) is 0 Å². The van der Waals surface area contributed by atoms with Crippen molar-refractivity contribution in [2.24, 2.45) is 23.7 Å². The maximum atomic E-state index is 12.9. The Bertz CT molecular complexity index is 1120. The van der Waals surface area contributed by atoms with Gasteiger partial charge in [0.2, 0.25) is 11.8 Å². The summed E-state index contributed by atoms with van der Waals surface area (Å²) < 4.78 is 5.09. The summed E-state index contributed by atoms with van der Waals surface area (Å²) in [5.41, 5.74) is 0.638. The summed E-state index contributed by atoms with van der Waals surface area (Å²) >= 11 is 7.31. The third-order valence-corrected chi connectivity index (χ3v) is 10.3. The lowest BCUT2D eigenvalue weighted by atomic mass is 9.81. The van der Waals surface area contributed by atoms with Gasteiger partial charge in [0.1, 0.15) is 0 Å². The Morgan fingerprint density at radius 3 is 2.30 bits per heavy atom. The quantitative estimate of drug-likeness (QED) is 0.322. The molecule has 6 atom stereocenters. The highest BCUT2D eigenvalue weighted by Gasteiger charge is 2.66. The lowest BCUT2D eigenvalue weighted by Crippen LogP contribution is -2.37. The third kappa shape index (κ3) is 3.89. The number of hydrogen-bond donors (Lipinski definition) is 1. The van der Waals surface area contributed by atoms with Crippen molar-refractivity contribution < 1.29 is 23.9 Å². The number of nitrogens with one attached hydrogen (secondary N) is 1. The van der Waals surface area contributed by atoms with Crippen molar-refractivity contribution in [1.82, 2.24) is 4.90 Å². The number of halogens is 2. The third-order valence-electron chi connectivity index (χ3n) is 7.05.